The number of hydrogen-bond donors (Lipinski definition) is 0. The Hall–Kier alpha value is -6.38. The van der Waals surface area contributed by atoms with Crippen molar-refractivity contribution >= 4 is 54.4 Å². The molecule has 2 heterocycles. The largest absolute Gasteiger partial charge is 0.309 e. The van der Waals surface area contributed by atoms with Gasteiger partial charge in [0.15, 0.2) is 0 Å². The lowest BCUT2D eigenvalue weighted by Gasteiger charge is -2.54. The molecule has 0 aliphatic heterocycles. The summed E-state index contributed by atoms with van der Waals surface area (Å²) in [5, 5.41) is 7.71. The standard InChI is InChI=1S/C57H42N2/c1-2-10-36-27-41(20-17-35(36)9-1)58-51-15-7-4-12-45(51)47-28-37(18-23-53(47)58)38-19-24-54-48(29-38)46-13-5-8-16-52(46)59(54)42-21-22-44-43-11-3-6-14-49(43)57(50(44)31-42)40-26-34-25-39-30-55(57)56(39,32-34)33-40/h1-24,27-29,31,34,39-40,55H,25-26,30,32-33H2. The molecular formula is C57H42N2. The first-order chi connectivity index (χ1) is 29.2. The van der Waals surface area contributed by atoms with Gasteiger partial charge in [0.1, 0.15) is 0 Å². The van der Waals surface area contributed by atoms with Crippen LogP contribution in [0.3, 0.4) is 0 Å². The van der Waals surface area contributed by atoms with Gasteiger partial charge in [-0.3, -0.25) is 0 Å². The SMILES string of the molecule is c1ccc2c(c1)-c1ccc(-n3c4ccccc4c4cc(-c5ccc6c(c5)c5ccccc5n6-c5ccc6ccccc6c5)ccc43)cc1C21C2CC3CC4CC1C4(C3)C2. The number of rotatable bonds is 3. The Morgan fingerprint density at radius 2 is 1.00 bits per heavy atom. The molecule has 5 aliphatic carbocycles. The summed E-state index contributed by atoms with van der Waals surface area (Å²) in [6.07, 6.45) is 7.29. The Labute approximate surface area is 343 Å². The van der Waals surface area contributed by atoms with E-state index in [1.165, 1.54) is 120 Å². The maximum Gasteiger partial charge on any atom is 0.0541 e. The van der Waals surface area contributed by atoms with Gasteiger partial charge in [0, 0.05) is 38.3 Å². The highest BCUT2D eigenvalue weighted by molar-refractivity contribution is 6.13. The van der Waals surface area contributed by atoms with Crippen LogP contribution in [-0.4, -0.2) is 9.13 Å². The Kier molecular flexibility index (Phi) is 5.79. The number of benzene rings is 8. The van der Waals surface area contributed by atoms with E-state index in [0.717, 1.165) is 23.7 Å². The molecule has 3 bridgehead atoms. The zero-order valence-corrected chi connectivity index (χ0v) is 32.9. The van der Waals surface area contributed by atoms with E-state index < -0.39 is 0 Å². The van der Waals surface area contributed by atoms with Gasteiger partial charge in [0.05, 0.1) is 22.1 Å². The molecule has 6 unspecified atom stereocenters. The van der Waals surface area contributed by atoms with Crippen molar-refractivity contribution in [1.29, 1.82) is 0 Å². The molecule has 0 N–H and O–H groups in total. The van der Waals surface area contributed by atoms with Crippen molar-refractivity contribution in [2.24, 2.45) is 29.1 Å². The summed E-state index contributed by atoms with van der Waals surface area (Å²) in [6, 6.07) is 64.8. The summed E-state index contributed by atoms with van der Waals surface area (Å²) in [5.74, 6) is 3.46. The quantitative estimate of drug-likeness (QED) is 0.170. The maximum atomic E-state index is 2.66. The molecule has 2 heteroatoms. The summed E-state index contributed by atoms with van der Waals surface area (Å²) in [5.41, 5.74) is 17.0. The van der Waals surface area contributed by atoms with Crippen LogP contribution in [0.2, 0.25) is 0 Å². The topological polar surface area (TPSA) is 9.86 Å². The highest BCUT2D eigenvalue weighted by atomic mass is 15.0. The van der Waals surface area contributed by atoms with E-state index in [0.29, 0.717) is 5.41 Å². The Bertz CT molecular complexity index is 3490. The van der Waals surface area contributed by atoms with Crippen LogP contribution < -0.4 is 0 Å². The van der Waals surface area contributed by atoms with Gasteiger partial charge in [-0.25, -0.2) is 0 Å². The zero-order chi connectivity index (χ0) is 38.2. The second kappa shape index (κ2) is 10.8. The lowest BCUT2D eigenvalue weighted by Crippen LogP contribution is -2.50. The van der Waals surface area contributed by atoms with E-state index in [4.69, 9.17) is 0 Å². The minimum Gasteiger partial charge on any atom is -0.309 e. The second-order valence-corrected chi connectivity index (χ2v) is 19.0. The maximum absolute atomic E-state index is 2.66. The van der Waals surface area contributed by atoms with E-state index in [9.17, 15) is 0 Å². The minimum absolute atomic E-state index is 0.162. The third-order valence-corrected chi connectivity index (χ3v) is 16.8. The zero-order valence-electron chi connectivity index (χ0n) is 32.9. The predicted octanol–water partition coefficient (Wildman–Crippen LogP) is 14.4. The van der Waals surface area contributed by atoms with Gasteiger partial charge in [0.2, 0.25) is 0 Å². The first-order valence-corrected chi connectivity index (χ1v) is 22.0. The molecule has 59 heavy (non-hydrogen) atoms. The smallest absolute Gasteiger partial charge is 0.0541 e. The van der Waals surface area contributed by atoms with Gasteiger partial charge in [0.25, 0.3) is 0 Å². The summed E-state index contributed by atoms with van der Waals surface area (Å²) < 4.78 is 5.00. The Morgan fingerprint density at radius 1 is 0.407 bits per heavy atom. The first-order valence-electron chi connectivity index (χ1n) is 22.0. The van der Waals surface area contributed by atoms with Crippen molar-refractivity contribution in [2.45, 2.75) is 37.5 Å². The van der Waals surface area contributed by atoms with Crippen LogP contribution in [0.15, 0.2) is 170 Å². The highest BCUT2D eigenvalue weighted by Gasteiger charge is 2.76. The third kappa shape index (κ3) is 3.77. The van der Waals surface area contributed by atoms with Crippen molar-refractivity contribution in [2.75, 3.05) is 0 Å². The van der Waals surface area contributed by atoms with Crippen molar-refractivity contribution in [3.05, 3.63) is 181 Å². The highest BCUT2D eigenvalue weighted by Crippen LogP contribution is 2.83. The minimum atomic E-state index is 0.162. The van der Waals surface area contributed by atoms with Gasteiger partial charge < -0.3 is 9.13 Å². The second-order valence-electron chi connectivity index (χ2n) is 19.0. The fourth-order valence-electron chi connectivity index (χ4n) is 14.8. The van der Waals surface area contributed by atoms with Crippen LogP contribution in [0.4, 0.5) is 0 Å². The predicted molar refractivity (Wildman–Crippen MR) is 244 cm³/mol. The van der Waals surface area contributed by atoms with Crippen LogP contribution in [0, 0.1) is 29.1 Å². The fourth-order valence-corrected chi connectivity index (χ4v) is 14.8. The van der Waals surface area contributed by atoms with Gasteiger partial charge in [-0.1, -0.05) is 109 Å². The Morgan fingerprint density at radius 3 is 1.76 bits per heavy atom. The average molecular weight is 755 g/mol. The van der Waals surface area contributed by atoms with Crippen LogP contribution in [0.5, 0.6) is 0 Å². The Balaban J connectivity index is 0.895. The number of hydrogen-bond acceptors (Lipinski definition) is 0. The van der Waals surface area contributed by atoms with Crippen LogP contribution >= 0.6 is 0 Å². The molecule has 8 aromatic carbocycles. The van der Waals surface area contributed by atoms with Gasteiger partial charge in [-0.05, 0) is 166 Å². The van der Waals surface area contributed by atoms with Crippen molar-refractivity contribution in [1.82, 2.24) is 9.13 Å². The molecule has 0 saturated heterocycles. The molecule has 6 atom stereocenters. The van der Waals surface area contributed by atoms with Crippen LogP contribution in [0.25, 0.3) is 88.0 Å². The van der Waals surface area contributed by atoms with E-state index >= 15 is 0 Å². The normalized spacial score (nSPS) is 25.8. The van der Waals surface area contributed by atoms with E-state index in [2.05, 4.69) is 179 Å². The van der Waals surface area contributed by atoms with E-state index in [1.807, 2.05) is 0 Å². The molecule has 0 radical (unpaired) electrons. The summed E-state index contributed by atoms with van der Waals surface area (Å²) >= 11 is 0. The van der Waals surface area contributed by atoms with Gasteiger partial charge in [-0.15, -0.1) is 0 Å². The molecule has 4 fully saturated rings. The summed E-state index contributed by atoms with van der Waals surface area (Å²) in [4.78, 5) is 0. The molecule has 10 aromatic rings. The number of fused-ring (bicyclic) bond motifs is 16. The van der Waals surface area contributed by atoms with Crippen molar-refractivity contribution in [3.63, 3.8) is 0 Å². The number of para-hydroxylation sites is 2. The molecule has 15 rings (SSSR count). The van der Waals surface area contributed by atoms with E-state index in [-0.39, 0.29) is 5.41 Å². The molecule has 280 valence electrons. The number of nitrogens with zero attached hydrogens (tertiary/aromatic N) is 2. The lowest BCUT2D eigenvalue weighted by molar-refractivity contribution is -0.0194. The summed E-state index contributed by atoms with van der Waals surface area (Å²) in [7, 11) is 0. The lowest BCUT2D eigenvalue weighted by atomic mass is 9.49. The molecule has 4 saturated carbocycles. The molecule has 0 amide bonds. The van der Waals surface area contributed by atoms with Crippen molar-refractivity contribution in [3.8, 4) is 33.6 Å². The van der Waals surface area contributed by atoms with Gasteiger partial charge in [-0.2, -0.15) is 0 Å². The van der Waals surface area contributed by atoms with Crippen molar-refractivity contribution < 1.29 is 0 Å². The summed E-state index contributed by atoms with van der Waals surface area (Å²) in [6.45, 7) is 0. The molecule has 2 nitrogen and oxygen atoms in total. The third-order valence-electron chi connectivity index (χ3n) is 16.8. The average Bonchev–Trinajstić information content (AvgIpc) is 3.98. The molecule has 2 spiro atoms. The monoisotopic (exact) mass is 754 g/mol. The van der Waals surface area contributed by atoms with Gasteiger partial charge >= 0.3 is 0 Å². The molecule has 5 aliphatic rings. The van der Waals surface area contributed by atoms with E-state index in [1.54, 1.807) is 11.1 Å². The fraction of sp³-hybridized carbons (Fsp3) is 0.193. The molecular weight excluding hydrogens is 713 g/mol. The number of aromatic nitrogens is 2. The van der Waals surface area contributed by atoms with Crippen LogP contribution in [-0.2, 0) is 5.41 Å². The molecule has 2 aromatic heterocycles. The first kappa shape index (κ1) is 31.6. The van der Waals surface area contributed by atoms with Crippen LogP contribution in [0.1, 0.15) is 43.2 Å².